The van der Waals surface area contributed by atoms with Crippen molar-refractivity contribution in [3.05, 3.63) is 41.3 Å². The van der Waals surface area contributed by atoms with Crippen LogP contribution in [0, 0.1) is 13.8 Å². The molecule has 0 radical (unpaired) electrons. The van der Waals surface area contributed by atoms with Crippen molar-refractivity contribution < 1.29 is 14.3 Å². The molecule has 31 heavy (non-hydrogen) atoms. The van der Waals surface area contributed by atoms with Crippen LogP contribution >= 0.6 is 0 Å². The molecule has 1 fully saturated rings. The summed E-state index contributed by atoms with van der Waals surface area (Å²) in [6, 6.07) is 7.70. The van der Waals surface area contributed by atoms with Crippen LogP contribution in [0.25, 0.3) is 10.9 Å². The Morgan fingerprint density at radius 2 is 1.77 bits per heavy atom. The zero-order chi connectivity index (χ0) is 22.1. The molecule has 164 valence electrons. The molecule has 1 saturated heterocycles. The number of benzene rings is 1. The number of anilines is 1. The Labute approximate surface area is 181 Å². The molecule has 3 aromatic rings. The van der Waals surface area contributed by atoms with Crippen LogP contribution in [0.15, 0.2) is 24.3 Å². The lowest BCUT2D eigenvalue weighted by molar-refractivity contribution is -0.133. The van der Waals surface area contributed by atoms with Crippen molar-refractivity contribution in [2.45, 2.75) is 39.2 Å². The van der Waals surface area contributed by atoms with Crippen molar-refractivity contribution in [2.24, 2.45) is 0 Å². The summed E-state index contributed by atoms with van der Waals surface area (Å²) in [6.45, 7) is 5.56. The summed E-state index contributed by atoms with van der Waals surface area (Å²) in [5.74, 6) is 1.61. The highest BCUT2D eigenvalue weighted by molar-refractivity contribution is 5.86. The Hall–Kier alpha value is -3.29. The normalized spacial score (nSPS) is 14.8. The Morgan fingerprint density at radius 3 is 2.39 bits per heavy atom. The van der Waals surface area contributed by atoms with Gasteiger partial charge in [-0.15, -0.1) is 0 Å². The van der Waals surface area contributed by atoms with Crippen LogP contribution in [0.4, 0.5) is 5.69 Å². The number of piperidine rings is 1. The predicted molar refractivity (Wildman–Crippen MR) is 120 cm³/mol. The molecule has 4 rings (SSSR count). The monoisotopic (exact) mass is 423 g/mol. The molecule has 2 aromatic heterocycles. The summed E-state index contributed by atoms with van der Waals surface area (Å²) in [4.78, 5) is 19.5. The van der Waals surface area contributed by atoms with Gasteiger partial charge in [0, 0.05) is 36.2 Å². The molecule has 0 bridgehead atoms. The van der Waals surface area contributed by atoms with Gasteiger partial charge in [0.25, 0.3) is 0 Å². The molecule has 8 heteroatoms. The molecule has 0 spiro atoms. The summed E-state index contributed by atoms with van der Waals surface area (Å²) in [6.07, 6.45) is 1.66. The minimum Gasteiger partial charge on any atom is -0.493 e. The first-order chi connectivity index (χ1) is 14.9. The molecule has 0 unspecified atom stereocenters. The summed E-state index contributed by atoms with van der Waals surface area (Å²) in [7, 11) is 3.22. The Bertz CT molecular complexity index is 1120. The summed E-state index contributed by atoms with van der Waals surface area (Å²) >= 11 is 0. The van der Waals surface area contributed by atoms with Gasteiger partial charge in [-0.1, -0.05) is 0 Å². The van der Waals surface area contributed by atoms with Crippen molar-refractivity contribution in [1.29, 1.82) is 0 Å². The van der Waals surface area contributed by atoms with Gasteiger partial charge in [-0.3, -0.25) is 14.5 Å². The van der Waals surface area contributed by atoms with Gasteiger partial charge >= 0.3 is 0 Å². The van der Waals surface area contributed by atoms with Crippen LogP contribution in [-0.2, 0) is 11.3 Å². The van der Waals surface area contributed by atoms with E-state index in [1.807, 2.05) is 43.0 Å². The van der Waals surface area contributed by atoms with E-state index in [0.29, 0.717) is 30.3 Å². The minimum atomic E-state index is 0.0981. The standard InChI is InChI=1S/C23H29N5O3/c1-14-9-15(2)28(26-14)13-22(29)27-7-5-16(6-8-27)23-18(24)10-17-11-20(30-3)21(31-4)12-19(17)25-23/h9-12,16H,5-8,13,24H2,1-4H3. The lowest BCUT2D eigenvalue weighted by atomic mass is 9.91. The molecule has 1 amide bonds. The Balaban J connectivity index is 1.48. The highest BCUT2D eigenvalue weighted by Gasteiger charge is 2.27. The number of aromatic nitrogens is 3. The lowest BCUT2D eigenvalue weighted by Crippen LogP contribution is -2.40. The molecule has 3 heterocycles. The van der Waals surface area contributed by atoms with Crippen molar-refractivity contribution in [3.8, 4) is 11.5 Å². The maximum absolute atomic E-state index is 12.7. The highest BCUT2D eigenvalue weighted by atomic mass is 16.5. The fourth-order valence-electron chi connectivity index (χ4n) is 4.32. The van der Waals surface area contributed by atoms with Gasteiger partial charge in [0.1, 0.15) is 6.54 Å². The zero-order valence-electron chi connectivity index (χ0n) is 18.5. The van der Waals surface area contributed by atoms with Crippen LogP contribution in [0.3, 0.4) is 0 Å². The number of methoxy groups -OCH3 is 2. The quantitative estimate of drug-likeness (QED) is 0.678. The lowest BCUT2D eigenvalue weighted by Gasteiger charge is -2.32. The Morgan fingerprint density at radius 1 is 1.10 bits per heavy atom. The molecule has 0 aliphatic carbocycles. The van der Waals surface area contributed by atoms with Crippen molar-refractivity contribution in [2.75, 3.05) is 33.0 Å². The zero-order valence-corrected chi connectivity index (χ0v) is 18.5. The smallest absolute Gasteiger partial charge is 0.244 e. The SMILES string of the molecule is COc1cc2cc(N)c(C3CCN(C(=O)Cn4nc(C)cc4C)CC3)nc2cc1OC. The molecule has 1 aliphatic rings. The number of ether oxygens (including phenoxy) is 2. The van der Waals surface area contributed by atoms with Gasteiger partial charge in [0.2, 0.25) is 5.91 Å². The van der Waals surface area contributed by atoms with E-state index >= 15 is 0 Å². The summed E-state index contributed by atoms with van der Waals surface area (Å²) in [5, 5.41) is 5.31. The van der Waals surface area contributed by atoms with E-state index in [4.69, 9.17) is 20.2 Å². The number of nitrogen functional groups attached to an aromatic ring is 1. The van der Waals surface area contributed by atoms with Crippen LogP contribution < -0.4 is 15.2 Å². The number of nitrogens with two attached hydrogens (primary N) is 1. The predicted octanol–water partition coefficient (Wildman–Crippen LogP) is 3.05. The number of carbonyl (C=O) groups excluding carboxylic acids is 1. The minimum absolute atomic E-state index is 0.0981. The number of hydrogen-bond donors (Lipinski definition) is 1. The molecule has 0 saturated carbocycles. The number of likely N-dealkylation sites (tertiary alicyclic amines) is 1. The van der Waals surface area contributed by atoms with E-state index in [1.165, 1.54) is 0 Å². The number of amides is 1. The molecule has 1 aliphatic heterocycles. The maximum atomic E-state index is 12.7. The number of nitrogens with zero attached hydrogens (tertiary/aromatic N) is 4. The van der Waals surface area contributed by atoms with Crippen LogP contribution in [0.5, 0.6) is 11.5 Å². The highest BCUT2D eigenvalue weighted by Crippen LogP contribution is 2.36. The molecule has 8 nitrogen and oxygen atoms in total. The second kappa shape index (κ2) is 8.45. The summed E-state index contributed by atoms with van der Waals surface area (Å²) < 4.78 is 12.6. The number of fused-ring (bicyclic) bond motifs is 1. The first-order valence-corrected chi connectivity index (χ1v) is 10.5. The van der Waals surface area contributed by atoms with E-state index in [-0.39, 0.29) is 18.4 Å². The van der Waals surface area contributed by atoms with Crippen LogP contribution in [0.1, 0.15) is 35.8 Å². The first-order valence-electron chi connectivity index (χ1n) is 10.5. The van der Waals surface area contributed by atoms with E-state index < -0.39 is 0 Å². The van der Waals surface area contributed by atoms with Gasteiger partial charge in [0.05, 0.1) is 36.8 Å². The number of aryl methyl sites for hydroxylation is 2. The number of pyridine rings is 1. The molecular formula is C23H29N5O3. The Kier molecular flexibility index (Phi) is 5.71. The molecule has 1 aromatic carbocycles. The average molecular weight is 424 g/mol. The van der Waals surface area contributed by atoms with Gasteiger partial charge < -0.3 is 20.1 Å². The maximum Gasteiger partial charge on any atom is 0.244 e. The third-order valence-electron chi connectivity index (χ3n) is 6.00. The third-order valence-corrected chi connectivity index (χ3v) is 6.00. The fraction of sp³-hybridized carbons (Fsp3) is 0.435. The van der Waals surface area contributed by atoms with Gasteiger partial charge in [0.15, 0.2) is 11.5 Å². The van der Waals surface area contributed by atoms with E-state index in [9.17, 15) is 4.79 Å². The summed E-state index contributed by atoms with van der Waals surface area (Å²) in [5.41, 5.74) is 10.7. The van der Waals surface area contributed by atoms with Gasteiger partial charge in [-0.2, -0.15) is 5.10 Å². The van der Waals surface area contributed by atoms with E-state index in [0.717, 1.165) is 40.8 Å². The first kappa shape index (κ1) is 21.0. The average Bonchev–Trinajstić information content (AvgIpc) is 3.08. The number of hydrogen-bond acceptors (Lipinski definition) is 6. The van der Waals surface area contributed by atoms with Gasteiger partial charge in [-0.25, -0.2) is 0 Å². The second-order valence-electron chi connectivity index (χ2n) is 8.10. The van der Waals surface area contributed by atoms with Gasteiger partial charge in [-0.05, 0) is 44.9 Å². The molecule has 2 N–H and O–H groups in total. The van der Waals surface area contributed by atoms with Crippen LogP contribution in [-0.4, -0.2) is 52.9 Å². The molecule has 0 atom stereocenters. The number of rotatable bonds is 5. The van der Waals surface area contributed by atoms with E-state index in [2.05, 4.69) is 5.10 Å². The molecular weight excluding hydrogens is 394 g/mol. The van der Waals surface area contributed by atoms with Crippen molar-refractivity contribution >= 4 is 22.5 Å². The number of carbonyl (C=O) groups is 1. The van der Waals surface area contributed by atoms with Crippen LogP contribution in [0.2, 0.25) is 0 Å². The second-order valence-corrected chi connectivity index (χ2v) is 8.10. The topological polar surface area (TPSA) is 95.5 Å². The van der Waals surface area contributed by atoms with Crippen molar-refractivity contribution in [1.82, 2.24) is 19.7 Å². The third kappa shape index (κ3) is 4.15. The van der Waals surface area contributed by atoms with Crippen molar-refractivity contribution in [3.63, 3.8) is 0 Å². The largest absolute Gasteiger partial charge is 0.493 e. The van der Waals surface area contributed by atoms with E-state index in [1.54, 1.807) is 18.9 Å². The fourth-order valence-corrected chi connectivity index (χ4v) is 4.32.